The number of anilines is 1. The van der Waals surface area contributed by atoms with Crippen LogP contribution in [0.15, 0.2) is 53.2 Å². The molecule has 0 saturated heterocycles. The maximum absolute atomic E-state index is 12.1. The van der Waals surface area contributed by atoms with Gasteiger partial charge in [0.1, 0.15) is 11.9 Å². The molecule has 3 rings (SSSR count). The number of amides is 2. The molecule has 0 bridgehead atoms. The molecule has 2 aromatic heterocycles. The largest absolute Gasteiger partial charge is 0.494 e. The smallest absolute Gasteiger partial charge is 0.319 e. The van der Waals surface area contributed by atoms with Crippen molar-refractivity contribution in [1.29, 1.82) is 0 Å². The van der Waals surface area contributed by atoms with Crippen LogP contribution in [0, 0.1) is 0 Å². The van der Waals surface area contributed by atoms with Crippen molar-refractivity contribution in [3.63, 3.8) is 0 Å². The Kier molecular flexibility index (Phi) is 7.47. The predicted molar refractivity (Wildman–Crippen MR) is 115 cm³/mol. The molecule has 0 radical (unpaired) electrons. The van der Waals surface area contributed by atoms with Crippen molar-refractivity contribution >= 4 is 34.4 Å². The van der Waals surface area contributed by atoms with Gasteiger partial charge in [0.15, 0.2) is 0 Å². The maximum atomic E-state index is 12.1. The number of aliphatic hydroxyl groups is 1. The number of benzene rings is 1. The third-order valence-corrected chi connectivity index (χ3v) is 5.95. The van der Waals surface area contributed by atoms with Gasteiger partial charge in [-0.2, -0.15) is 11.3 Å². The van der Waals surface area contributed by atoms with Crippen molar-refractivity contribution in [1.82, 2.24) is 5.32 Å². The third kappa shape index (κ3) is 5.82. The predicted octanol–water partition coefficient (Wildman–Crippen LogP) is 5.39. The second-order valence-electron chi connectivity index (χ2n) is 6.30. The van der Waals surface area contributed by atoms with Crippen molar-refractivity contribution in [2.75, 3.05) is 11.9 Å². The Morgan fingerprint density at radius 3 is 2.71 bits per heavy atom. The number of carbonyl (C=O) groups is 1. The number of thiophene rings is 2. The molecule has 148 valence electrons. The minimum atomic E-state index is -0.614. The van der Waals surface area contributed by atoms with E-state index in [1.165, 1.54) is 11.3 Å². The summed E-state index contributed by atoms with van der Waals surface area (Å²) in [6.45, 7) is 3.23. The molecule has 0 aliphatic rings. The van der Waals surface area contributed by atoms with Crippen LogP contribution in [0.3, 0.4) is 0 Å². The van der Waals surface area contributed by atoms with Crippen molar-refractivity contribution in [2.45, 2.75) is 32.4 Å². The summed E-state index contributed by atoms with van der Waals surface area (Å²) in [4.78, 5) is 14.0. The second kappa shape index (κ2) is 10.3. The van der Waals surface area contributed by atoms with Crippen LogP contribution in [-0.4, -0.2) is 17.7 Å². The normalized spacial score (nSPS) is 11.8. The minimum absolute atomic E-state index is 0.270. The third-order valence-electron chi connectivity index (χ3n) is 4.11. The van der Waals surface area contributed by atoms with Gasteiger partial charge in [0.25, 0.3) is 0 Å². The number of aliphatic hydroxyl groups excluding tert-OH is 1. The number of nitrogens with one attached hydrogen (secondary N) is 2. The highest BCUT2D eigenvalue weighted by atomic mass is 32.1. The molecule has 1 atom stereocenters. The van der Waals surface area contributed by atoms with Gasteiger partial charge in [-0.3, -0.25) is 0 Å². The molecular formula is C21H24N2O3S2. The molecule has 1 aromatic carbocycles. The highest BCUT2D eigenvalue weighted by Crippen LogP contribution is 2.29. The summed E-state index contributed by atoms with van der Waals surface area (Å²) in [6.07, 6.45) is 1.51. The number of urea groups is 1. The molecule has 3 N–H and O–H groups in total. The van der Waals surface area contributed by atoms with Crippen LogP contribution in [0.25, 0.3) is 0 Å². The Bertz CT molecular complexity index is 860. The van der Waals surface area contributed by atoms with Gasteiger partial charge in [-0.25, -0.2) is 4.79 Å². The molecule has 7 heteroatoms. The molecule has 5 nitrogen and oxygen atoms in total. The van der Waals surface area contributed by atoms with Crippen molar-refractivity contribution in [3.05, 3.63) is 68.5 Å². The maximum Gasteiger partial charge on any atom is 0.319 e. The van der Waals surface area contributed by atoms with E-state index in [0.717, 1.165) is 33.9 Å². The zero-order valence-corrected chi connectivity index (χ0v) is 17.3. The lowest BCUT2D eigenvalue weighted by Crippen LogP contribution is -2.27. The average molecular weight is 417 g/mol. The molecule has 1 unspecified atom stereocenters. The van der Waals surface area contributed by atoms with Crippen LogP contribution in [0.4, 0.5) is 10.5 Å². The first kappa shape index (κ1) is 20.4. The quantitative estimate of drug-likeness (QED) is 0.410. The van der Waals surface area contributed by atoms with Crippen LogP contribution < -0.4 is 15.4 Å². The van der Waals surface area contributed by atoms with Crippen molar-refractivity contribution < 1.29 is 14.6 Å². The standard InChI is InChI=1S/C21H24N2O3S2/c1-2-3-11-26-17-6-4-16(5-7-17)23-21(25)22-13-18-8-9-19(28-18)20(24)15-10-12-27-14-15/h4-10,12,14,20,24H,2-3,11,13H2,1H3,(H2,22,23,25). The number of rotatable bonds is 9. The summed E-state index contributed by atoms with van der Waals surface area (Å²) in [6, 6.07) is 12.8. The Labute approximate surface area is 173 Å². The van der Waals surface area contributed by atoms with Gasteiger partial charge in [0, 0.05) is 15.4 Å². The average Bonchev–Trinajstić information content (AvgIpc) is 3.40. The first-order valence-corrected chi connectivity index (χ1v) is 11.0. The number of hydrogen-bond acceptors (Lipinski definition) is 5. The SMILES string of the molecule is CCCCOc1ccc(NC(=O)NCc2ccc(C(O)c3ccsc3)s2)cc1. The highest BCUT2D eigenvalue weighted by molar-refractivity contribution is 7.12. The van der Waals surface area contributed by atoms with Gasteiger partial charge in [-0.1, -0.05) is 13.3 Å². The first-order valence-electron chi connectivity index (χ1n) is 9.22. The number of unbranched alkanes of at least 4 members (excludes halogenated alkanes) is 1. The Morgan fingerprint density at radius 2 is 2.00 bits per heavy atom. The molecule has 0 aliphatic heterocycles. The van der Waals surface area contributed by atoms with Crippen LogP contribution in [-0.2, 0) is 6.54 Å². The van der Waals surface area contributed by atoms with E-state index in [-0.39, 0.29) is 6.03 Å². The number of hydrogen-bond donors (Lipinski definition) is 3. The van der Waals surface area contributed by atoms with Crippen LogP contribution in [0.1, 0.15) is 41.2 Å². The Balaban J connectivity index is 1.45. The molecule has 0 saturated carbocycles. The summed E-state index contributed by atoms with van der Waals surface area (Å²) in [5.74, 6) is 0.801. The fourth-order valence-corrected chi connectivity index (χ4v) is 4.19. The fraction of sp³-hybridized carbons (Fsp3) is 0.286. The fourth-order valence-electron chi connectivity index (χ4n) is 2.54. The molecule has 28 heavy (non-hydrogen) atoms. The van der Waals surface area contributed by atoms with E-state index in [0.29, 0.717) is 18.8 Å². The molecule has 0 spiro atoms. The lowest BCUT2D eigenvalue weighted by atomic mass is 10.2. The molecule has 2 amide bonds. The topological polar surface area (TPSA) is 70.6 Å². The monoisotopic (exact) mass is 416 g/mol. The highest BCUT2D eigenvalue weighted by Gasteiger charge is 2.13. The summed E-state index contributed by atoms with van der Waals surface area (Å²) >= 11 is 3.06. The van der Waals surface area contributed by atoms with Crippen molar-refractivity contribution in [3.8, 4) is 5.75 Å². The van der Waals surface area contributed by atoms with E-state index < -0.39 is 6.10 Å². The van der Waals surface area contributed by atoms with Crippen LogP contribution in [0.5, 0.6) is 5.75 Å². The lowest BCUT2D eigenvalue weighted by Gasteiger charge is -2.09. The van der Waals surface area contributed by atoms with E-state index in [9.17, 15) is 9.90 Å². The molecule has 2 heterocycles. The van der Waals surface area contributed by atoms with Gasteiger partial charge in [-0.05, 0) is 65.2 Å². The molecule has 3 aromatic rings. The molecule has 0 aliphatic carbocycles. The minimum Gasteiger partial charge on any atom is -0.494 e. The van der Waals surface area contributed by atoms with E-state index >= 15 is 0 Å². The van der Waals surface area contributed by atoms with E-state index in [1.807, 2.05) is 53.2 Å². The Hall–Kier alpha value is -2.35. The van der Waals surface area contributed by atoms with E-state index in [2.05, 4.69) is 17.6 Å². The zero-order valence-electron chi connectivity index (χ0n) is 15.7. The summed E-state index contributed by atoms with van der Waals surface area (Å²) in [7, 11) is 0. The second-order valence-corrected chi connectivity index (χ2v) is 8.28. The summed E-state index contributed by atoms with van der Waals surface area (Å²) < 4.78 is 5.61. The van der Waals surface area contributed by atoms with Crippen LogP contribution >= 0.6 is 22.7 Å². The van der Waals surface area contributed by atoms with Gasteiger partial charge < -0.3 is 20.5 Å². The number of carbonyl (C=O) groups excluding carboxylic acids is 1. The summed E-state index contributed by atoms with van der Waals surface area (Å²) in [5.41, 5.74) is 1.60. The molecule has 0 fully saturated rings. The van der Waals surface area contributed by atoms with Crippen molar-refractivity contribution in [2.24, 2.45) is 0 Å². The number of ether oxygens (including phenoxy) is 1. The van der Waals surface area contributed by atoms with Gasteiger partial charge in [0.05, 0.1) is 13.2 Å². The Morgan fingerprint density at radius 1 is 1.18 bits per heavy atom. The lowest BCUT2D eigenvalue weighted by molar-refractivity contribution is 0.224. The zero-order chi connectivity index (χ0) is 19.8. The van der Waals surface area contributed by atoms with Gasteiger partial charge in [-0.15, -0.1) is 11.3 Å². The van der Waals surface area contributed by atoms with E-state index in [4.69, 9.17) is 4.74 Å². The van der Waals surface area contributed by atoms with Gasteiger partial charge in [0.2, 0.25) is 0 Å². The van der Waals surface area contributed by atoms with E-state index in [1.54, 1.807) is 11.3 Å². The first-order chi connectivity index (χ1) is 13.7. The van der Waals surface area contributed by atoms with Crippen LogP contribution in [0.2, 0.25) is 0 Å². The molecular weight excluding hydrogens is 392 g/mol. The van der Waals surface area contributed by atoms with Gasteiger partial charge >= 0.3 is 6.03 Å². The summed E-state index contributed by atoms with van der Waals surface area (Å²) in [5, 5.41) is 19.9.